The first-order valence-electron chi connectivity index (χ1n) is 7.29. The van der Waals surface area contributed by atoms with Crippen molar-refractivity contribution < 1.29 is 19.5 Å². The van der Waals surface area contributed by atoms with Crippen LogP contribution in [0.15, 0.2) is 54.6 Å². The molecule has 2 aromatic rings. The molecule has 0 bridgehead atoms. The molecule has 2 rings (SSSR count). The van der Waals surface area contributed by atoms with E-state index in [1.54, 1.807) is 31.3 Å². The van der Waals surface area contributed by atoms with Crippen molar-refractivity contribution in [2.45, 2.75) is 0 Å². The molecule has 24 heavy (non-hydrogen) atoms. The Morgan fingerprint density at radius 1 is 1.08 bits per heavy atom. The molecule has 3 amide bonds. The second kappa shape index (κ2) is 7.98. The van der Waals surface area contributed by atoms with Crippen LogP contribution in [0.1, 0.15) is 0 Å². The topological polar surface area (TPSA) is 82.1 Å². The number of hydrogen-bond donors (Lipinski definition) is 2. The number of nitrogens with zero attached hydrogens (tertiary/aromatic N) is 2. The second-order valence-corrected chi connectivity index (χ2v) is 4.98. The number of hydroxylamine groups is 2. The lowest BCUT2D eigenvalue weighted by Gasteiger charge is -2.21. The monoisotopic (exact) mass is 329 g/mol. The van der Waals surface area contributed by atoms with E-state index in [2.05, 4.69) is 5.32 Å². The minimum absolute atomic E-state index is 0.323. The molecule has 0 aliphatic carbocycles. The van der Waals surface area contributed by atoms with Crippen LogP contribution in [0.25, 0.3) is 0 Å². The summed E-state index contributed by atoms with van der Waals surface area (Å²) < 4.78 is 5.72. The van der Waals surface area contributed by atoms with Crippen molar-refractivity contribution in [3.05, 3.63) is 54.6 Å². The van der Waals surface area contributed by atoms with E-state index in [9.17, 15) is 14.8 Å². The Balaban J connectivity index is 2.07. The van der Waals surface area contributed by atoms with Crippen LogP contribution in [0.3, 0.4) is 0 Å². The first-order chi connectivity index (χ1) is 11.5. The van der Waals surface area contributed by atoms with Gasteiger partial charge in [0, 0.05) is 25.8 Å². The van der Waals surface area contributed by atoms with E-state index in [1.807, 2.05) is 30.3 Å². The lowest BCUT2D eigenvalue weighted by Crippen LogP contribution is -2.43. The highest BCUT2D eigenvalue weighted by molar-refractivity contribution is 5.95. The van der Waals surface area contributed by atoms with E-state index in [4.69, 9.17) is 4.74 Å². The number of likely N-dealkylation sites (N-methyl/N-ethyl adjacent to an activating group) is 1. The summed E-state index contributed by atoms with van der Waals surface area (Å²) in [6.45, 7) is -0.458. The molecule has 2 N–H and O–H groups in total. The number of urea groups is 1. The van der Waals surface area contributed by atoms with Crippen LogP contribution in [0.4, 0.5) is 10.5 Å². The molecule has 0 atom stereocenters. The minimum Gasteiger partial charge on any atom is -0.457 e. The molecule has 0 heterocycles. The summed E-state index contributed by atoms with van der Waals surface area (Å²) in [6.07, 6.45) is 0. The van der Waals surface area contributed by atoms with Gasteiger partial charge in [0.05, 0.1) is 0 Å². The minimum atomic E-state index is -0.752. The molecule has 0 radical (unpaired) electrons. The van der Waals surface area contributed by atoms with Crippen LogP contribution in [0.5, 0.6) is 11.5 Å². The van der Waals surface area contributed by atoms with Gasteiger partial charge in [-0.3, -0.25) is 10.0 Å². The molecule has 0 aliphatic rings. The standard InChI is InChI=1S/C17H19N3O4/c1-18-17(22)20(23)12-16(21)19(2)13-7-6-10-15(11-13)24-14-8-4-3-5-9-14/h3-11,23H,12H2,1-2H3,(H,18,22). The van der Waals surface area contributed by atoms with E-state index in [-0.39, 0.29) is 0 Å². The second-order valence-electron chi connectivity index (χ2n) is 4.98. The Labute approximate surface area is 140 Å². The molecule has 7 nitrogen and oxygen atoms in total. The quantitative estimate of drug-likeness (QED) is 0.652. The number of anilines is 1. The van der Waals surface area contributed by atoms with Gasteiger partial charge in [-0.05, 0) is 24.3 Å². The predicted octanol–water partition coefficient (Wildman–Crippen LogP) is 2.47. The maximum Gasteiger partial charge on any atom is 0.341 e. The van der Waals surface area contributed by atoms with Crippen molar-refractivity contribution in [1.29, 1.82) is 0 Å². The van der Waals surface area contributed by atoms with E-state index in [1.165, 1.54) is 11.9 Å². The van der Waals surface area contributed by atoms with Crippen molar-refractivity contribution in [1.82, 2.24) is 10.4 Å². The fraction of sp³-hybridized carbons (Fsp3) is 0.176. The van der Waals surface area contributed by atoms with Gasteiger partial charge in [-0.25, -0.2) is 4.79 Å². The predicted molar refractivity (Wildman–Crippen MR) is 89.3 cm³/mol. The van der Waals surface area contributed by atoms with Crippen LogP contribution in [0, 0.1) is 0 Å². The largest absolute Gasteiger partial charge is 0.457 e. The first kappa shape index (κ1) is 17.3. The number of nitrogens with one attached hydrogen (secondary N) is 1. The maximum atomic E-state index is 12.1. The number of para-hydroxylation sites is 1. The third kappa shape index (κ3) is 4.47. The average Bonchev–Trinajstić information content (AvgIpc) is 2.61. The zero-order chi connectivity index (χ0) is 17.5. The zero-order valence-corrected chi connectivity index (χ0v) is 13.5. The van der Waals surface area contributed by atoms with Crippen molar-refractivity contribution in [2.75, 3.05) is 25.5 Å². The van der Waals surface area contributed by atoms with Gasteiger partial charge in [0.25, 0.3) is 0 Å². The zero-order valence-electron chi connectivity index (χ0n) is 13.5. The van der Waals surface area contributed by atoms with Gasteiger partial charge in [-0.15, -0.1) is 0 Å². The fourth-order valence-corrected chi connectivity index (χ4v) is 1.96. The molecule has 0 unspecified atom stereocenters. The van der Waals surface area contributed by atoms with Gasteiger partial charge in [0.15, 0.2) is 0 Å². The Bertz CT molecular complexity index is 706. The summed E-state index contributed by atoms with van der Waals surface area (Å²) in [5, 5.41) is 12.0. The van der Waals surface area contributed by atoms with Crippen LogP contribution in [0.2, 0.25) is 0 Å². The number of carbonyl (C=O) groups excluding carboxylic acids is 2. The first-order valence-corrected chi connectivity index (χ1v) is 7.29. The molecular weight excluding hydrogens is 310 g/mol. The number of ether oxygens (including phenoxy) is 1. The molecule has 0 saturated heterocycles. The number of benzene rings is 2. The van der Waals surface area contributed by atoms with Crippen LogP contribution in [-0.2, 0) is 4.79 Å². The lowest BCUT2D eigenvalue weighted by atomic mass is 10.2. The van der Waals surface area contributed by atoms with Crippen molar-refractivity contribution in [3.8, 4) is 11.5 Å². The molecule has 0 fully saturated rings. The Morgan fingerprint density at radius 2 is 1.75 bits per heavy atom. The van der Waals surface area contributed by atoms with Crippen molar-refractivity contribution in [2.24, 2.45) is 0 Å². The molecule has 2 aromatic carbocycles. The fourth-order valence-electron chi connectivity index (χ4n) is 1.96. The smallest absolute Gasteiger partial charge is 0.341 e. The Morgan fingerprint density at radius 3 is 2.42 bits per heavy atom. The van der Waals surface area contributed by atoms with Crippen LogP contribution >= 0.6 is 0 Å². The summed E-state index contributed by atoms with van der Waals surface area (Å²) in [6, 6.07) is 15.5. The van der Waals surface area contributed by atoms with Gasteiger partial charge in [0.2, 0.25) is 5.91 Å². The summed E-state index contributed by atoms with van der Waals surface area (Å²) in [5.74, 6) is 0.813. The van der Waals surface area contributed by atoms with E-state index >= 15 is 0 Å². The highest BCUT2D eigenvalue weighted by Gasteiger charge is 2.18. The number of carbonyl (C=O) groups is 2. The van der Waals surface area contributed by atoms with Crippen LogP contribution in [-0.4, -0.2) is 42.8 Å². The van der Waals surface area contributed by atoms with Crippen molar-refractivity contribution in [3.63, 3.8) is 0 Å². The third-order valence-corrected chi connectivity index (χ3v) is 3.29. The Hall–Kier alpha value is -3.06. The highest BCUT2D eigenvalue weighted by Crippen LogP contribution is 2.25. The molecule has 0 saturated carbocycles. The van der Waals surface area contributed by atoms with Gasteiger partial charge < -0.3 is 15.0 Å². The number of hydrogen-bond acceptors (Lipinski definition) is 4. The Kier molecular flexibility index (Phi) is 5.75. The summed E-state index contributed by atoms with van der Waals surface area (Å²) in [4.78, 5) is 24.7. The SMILES string of the molecule is CNC(=O)N(O)CC(=O)N(C)c1cccc(Oc2ccccc2)c1. The summed E-state index contributed by atoms with van der Waals surface area (Å²) >= 11 is 0. The van der Waals surface area contributed by atoms with Crippen LogP contribution < -0.4 is 15.0 Å². The van der Waals surface area contributed by atoms with Gasteiger partial charge in [-0.2, -0.15) is 5.06 Å². The lowest BCUT2D eigenvalue weighted by molar-refractivity contribution is -0.126. The van der Waals surface area contributed by atoms with E-state index < -0.39 is 18.5 Å². The van der Waals surface area contributed by atoms with E-state index in [0.717, 1.165) is 0 Å². The van der Waals surface area contributed by atoms with Gasteiger partial charge in [-0.1, -0.05) is 24.3 Å². The molecule has 126 valence electrons. The average molecular weight is 329 g/mol. The maximum absolute atomic E-state index is 12.1. The van der Waals surface area contributed by atoms with Gasteiger partial charge in [0.1, 0.15) is 18.0 Å². The summed E-state index contributed by atoms with van der Waals surface area (Å²) in [7, 11) is 2.92. The van der Waals surface area contributed by atoms with Crippen molar-refractivity contribution >= 4 is 17.6 Å². The normalized spacial score (nSPS) is 9.96. The summed E-state index contributed by atoms with van der Waals surface area (Å²) in [5.41, 5.74) is 0.582. The molecular formula is C17H19N3O4. The van der Waals surface area contributed by atoms with Gasteiger partial charge >= 0.3 is 6.03 Å². The third-order valence-electron chi connectivity index (χ3n) is 3.29. The highest BCUT2D eigenvalue weighted by atomic mass is 16.5. The molecule has 0 spiro atoms. The molecule has 7 heteroatoms. The molecule has 0 aliphatic heterocycles. The molecule has 0 aromatic heterocycles. The number of amides is 3. The number of rotatable bonds is 5. The van der Waals surface area contributed by atoms with E-state index in [0.29, 0.717) is 22.2 Å².